The minimum atomic E-state index is 0.589. The van der Waals surface area contributed by atoms with Crippen molar-refractivity contribution >= 4 is 0 Å². The van der Waals surface area contributed by atoms with Gasteiger partial charge in [-0.1, -0.05) is 37.5 Å². The topological polar surface area (TPSA) is 38.2 Å². The number of ether oxygens (including phenoxy) is 1. The van der Waals surface area contributed by atoms with Gasteiger partial charge in [0, 0.05) is 55.0 Å². The van der Waals surface area contributed by atoms with Crippen LogP contribution in [0.5, 0.6) is 5.75 Å². The van der Waals surface area contributed by atoms with Crippen LogP contribution < -0.4 is 4.74 Å². The van der Waals surface area contributed by atoms with Crippen molar-refractivity contribution in [1.82, 2.24) is 14.9 Å². The van der Waals surface area contributed by atoms with Crippen molar-refractivity contribution in [1.29, 1.82) is 0 Å². The van der Waals surface area contributed by atoms with Crippen LogP contribution in [0.4, 0.5) is 0 Å². The second kappa shape index (κ2) is 7.52. The van der Waals surface area contributed by atoms with Crippen LogP contribution in [-0.2, 0) is 19.5 Å². The minimum Gasteiger partial charge on any atom is -0.496 e. The minimum absolute atomic E-state index is 0.589. The van der Waals surface area contributed by atoms with Crippen molar-refractivity contribution in [2.24, 2.45) is 0 Å². The molecule has 0 N–H and O–H groups in total. The monoisotopic (exact) mass is 337 g/mol. The first-order valence-corrected chi connectivity index (χ1v) is 9.52. The Hall–Kier alpha value is -1.94. The van der Waals surface area contributed by atoms with Crippen molar-refractivity contribution < 1.29 is 4.74 Å². The molecule has 0 bridgehead atoms. The lowest BCUT2D eigenvalue weighted by Gasteiger charge is -2.29. The maximum absolute atomic E-state index is 5.49. The van der Waals surface area contributed by atoms with Crippen LogP contribution in [0.3, 0.4) is 0 Å². The van der Waals surface area contributed by atoms with Crippen LogP contribution in [0.15, 0.2) is 30.5 Å². The standard InChI is InChI=1S/C21H27N3O/c1-25-20-10-6-5-9-17(20)14-24-12-11-19-18(15-24)13-22-21(23-19)16-7-3-2-4-8-16/h5-6,9-10,13,16H,2-4,7-8,11-12,14-15H2,1H3. The van der Waals surface area contributed by atoms with Crippen molar-refractivity contribution in [3.8, 4) is 5.75 Å². The van der Waals surface area contributed by atoms with Gasteiger partial charge in [0.2, 0.25) is 0 Å². The lowest BCUT2D eigenvalue weighted by Crippen LogP contribution is -2.31. The second-order valence-electron chi connectivity index (χ2n) is 7.31. The lowest BCUT2D eigenvalue weighted by atomic mass is 9.88. The van der Waals surface area contributed by atoms with E-state index < -0.39 is 0 Å². The highest BCUT2D eigenvalue weighted by Crippen LogP contribution is 2.31. The number of aromatic nitrogens is 2. The van der Waals surface area contributed by atoms with Gasteiger partial charge in [-0.15, -0.1) is 0 Å². The number of hydrogen-bond acceptors (Lipinski definition) is 4. The molecule has 2 aliphatic rings. The normalized spacial score (nSPS) is 18.8. The highest BCUT2D eigenvalue weighted by Gasteiger charge is 2.23. The van der Waals surface area contributed by atoms with Crippen LogP contribution in [0.25, 0.3) is 0 Å². The molecule has 2 heterocycles. The van der Waals surface area contributed by atoms with Crippen LogP contribution in [0.2, 0.25) is 0 Å². The summed E-state index contributed by atoms with van der Waals surface area (Å²) in [6.07, 6.45) is 9.67. The molecule has 0 saturated heterocycles. The van der Waals surface area contributed by atoms with Crippen LogP contribution in [0.1, 0.15) is 60.7 Å². The summed E-state index contributed by atoms with van der Waals surface area (Å²) in [4.78, 5) is 12.1. The smallest absolute Gasteiger partial charge is 0.131 e. The summed E-state index contributed by atoms with van der Waals surface area (Å²) < 4.78 is 5.49. The fraction of sp³-hybridized carbons (Fsp3) is 0.524. The number of rotatable bonds is 4. The van der Waals surface area contributed by atoms with Crippen LogP contribution in [-0.4, -0.2) is 28.5 Å². The summed E-state index contributed by atoms with van der Waals surface area (Å²) in [6, 6.07) is 8.29. The van der Waals surface area contributed by atoms with E-state index in [1.807, 2.05) is 12.1 Å². The number of fused-ring (bicyclic) bond motifs is 1. The third-order valence-corrected chi connectivity index (χ3v) is 5.59. The van der Waals surface area contributed by atoms with Gasteiger partial charge < -0.3 is 4.74 Å². The molecule has 0 atom stereocenters. The van der Waals surface area contributed by atoms with Gasteiger partial charge in [-0.3, -0.25) is 4.90 Å². The first kappa shape index (κ1) is 16.5. The molecular formula is C21H27N3O. The third-order valence-electron chi connectivity index (χ3n) is 5.59. The molecule has 1 aliphatic carbocycles. The molecule has 0 unspecified atom stereocenters. The number of benzene rings is 1. The maximum atomic E-state index is 5.49. The van der Waals surface area contributed by atoms with Crippen molar-refractivity contribution in [3.05, 3.63) is 53.1 Å². The zero-order valence-corrected chi connectivity index (χ0v) is 15.1. The molecule has 1 aromatic carbocycles. The number of nitrogens with zero attached hydrogens (tertiary/aromatic N) is 3. The van der Waals surface area contributed by atoms with Crippen molar-refractivity contribution in [3.63, 3.8) is 0 Å². The van der Waals surface area contributed by atoms with E-state index in [0.29, 0.717) is 5.92 Å². The Morgan fingerprint density at radius 2 is 2.00 bits per heavy atom. The van der Waals surface area contributed by atoms with Gasteiger partial charge in [0.15, 0.2) is 0 Å². The Balaban J connectivity index is 1.46. The van der Waals surface area contributed by atoms with E-state index in [4.69, 9.17) is 14.7 Å². The number of methoxy groups -OCH3 is 1. The molecule has 4 nitrogen and oxygen atoms in total. The largest absolute Gasteiger partial charge is 0.496 e. The molecule has 132 valence electrons. The van der Waals surface area contributed by atoms with E-state index >= 15 is 0 Å². The van der Waals surface area contributed by atoms with E-state index in [2.05, 4.69) is 23.2 Å². The molecule has 25 heavy (non-hydrogen) atoms. The molecule has 4 heteroatoms. The quantitative estimate of drug-likeness (QED) is 0.842. The highest BCUT2D eigenvalue weighted by atomic mass is 16.5. The number of hydrogen-bond donors (Lipinski definition) is 0. The molecule has 0 amide bonds. The van der Waals surface area contributed by atoms with Gasteiger partial charge in [0.05, 0.1) is 7.11 Å². The lowest BCUT2D eigenvalue weighted by molar-refractivity contribution is 0.238. The molecule has 4 rings (SSSR count). The Morgan fingerprint density at radius 3 is 2.84 bits per heavy atom. The first-order chi connectivity index (χ1) is 12.3. The molecule has 1 aliphatic heterocycles. The average Bonchev–Trinajstić information content (AvgIpc) is 2.68. The first-order valence-electron chi connectivity index (χ1n) is 9.52. The molecule has 0 radical (unpaired) electrons. The molecule has 2 aromatic rings. The van der Waals surface area contributed by atoms with E-state index in [9.17, 15) is 0 Å². The van der Waals surface area contributed by atoms with Gasteiger partial charge in [-0.2, -0.15) is 0 Å². The summed E-state index contributed by atoms with van der Waals surface area (Å²) in [5.74, 6) is 2.65. The van der Waals surface area contributed by atoms with E-state index in [-0.39, 0.29) is 0 Å². The summed E-state index contributed by atoms with van der Waals surface area (Å²) in [7, 11) is 1.74. The van der Waals surface area contributed by atoms with Gasteiger partial charge in [-0.05, 0) is 18.9 Å². The van der Waals surface area contributed by atoms with Crippen LogP contribution in [0, 0.1) is 0 Å². The Bertz CT molecular complexity index is 725. The summed E-state index contributed by atoms with van der Waals surface area (Å²) >= 11 is 0. The van der Waals surface area contributed by atoms with E-state index in [1.165, 1.54) is 48.9 Å². The Kier molecular flexibility index (Phi) is 4.97. The molecule has 1 fully saturated rings. The van der Waals surface area contributed by atoms with E-state index in [1.54, 1.807) is 7.11 Å². The van der Waals surface area contributed by atoms with Gasteiger partial charge in [-0.25, -0.2) is 9.97 Å². The van der Waals surface area contributed by atoms with Gasteiger partial charge in [0.1, 0.15) is 11.6 Å². The second-order valence-corrected chi connectivity index (χ2v) is 7.31. The summed E-state index contributed by atoms with van der Waals surface area (Å²) in [5, 5.41) is 0. The number of para-hydroxylation sites is 1. The van der Waals surface area contributed by atoms with Crippen LogP contribution >= 0.6 is 0 Å². The summed E-state index contributed by atoms with van der Waals surface area (Å²) in [5.41, 5.74) is 3.81. The molecule has 1 saturated carbocycles. The maximum Gasteiger partial charge on any atom is 0.131 e. The summed E-state index contributed by atoms with van der Waals surface area (Å²) in [6.45, 7) is 2.89. The molecule has 1 aromatic heterocycles. The Morgan fingerprint density at radius 1 is 1.16 bits per heavy atom. The third kappa shape index (κ3) is 3.69. The fourth-order valence-electron chi connectivity index (χ4n) is 4.16. The van der Waals surface area contributed by atoms with Crippen molar-refractivity contribution in [2.75, 3.05) is 13.7 Å². The highest BCUT2D eigenvalue weighted by molar-refractivity contribution is 5.33. The molecular weight excluding hydrogens is 310 g/mol. The van der Waals surface area contributed by atoms with Gasteiger partial charge >= 0.3 is 0 Å². The zero-order chi connectivity index (χ0) is 17.1. The fourth-order valence-corrected chi connectivity index (χ4v) is 4.16. The zero-order valence-electron chi connectivity index (χ0n) is 15.1. The molecule has 0 spiro atoms. The predicted molar refractivity (Wildman–Crippen MR) is 98.7 cm³/mol. The average molecular weight is 337 g/mol. The van der Waals surface area contributed by atoms with E-state index in [0.717, 1.165) is 37.6 Å². The van der Waals surface area contributed by atoms with Crippen molar-refractivity contribution in [2.45, 2.75) is 57.5 Å². The SMILES string of the molecule is COc1ccccc1CN1CCc2nc(C3CCCCC3)ncc2C1. The Labute approximate surface area is 150 Å². The van der Waals surface area contributed by atoms with Gasteiger partial charge in [0.25, 0.3) is 0 Å². The predicted octanol–water partition coefficient (Wildman–Crippen LogP) is 4.09.